The third kappa shape index (κ3) is 2.70. The number of alkyl halides is 1. The molecule has 0 aromatic carbocycles. The monoisotopic (exact) mass is 243 g/mol. The molecule has 2 aliphatic carbocycles. The highest BCUT2D eigenvalue weighted by Gasteiger charge is 2.36. The molecule has 1 N–H and O–H groups in total. The zero-order chi connectivity index (χ0) is 11.5. The van der Waals surface area contributed by atoms with Crippen LogP contribution in [0, 0.1) is 17.8 Å². The van der Waals surface area contributed by atoms with Crippen LogP contribution in [0.25, 0.3) is 0 Å². The summed E-state index contributed by atoms with van der Waals surface area (Å²) in [5.74, 6) is 2.28. The van der Waals surface area contributed by atoms with Gasteiger partial charge in [0, 0.05) is 17.8 Å². The molecule has 0 saturated heterocycles. The summed E-state index contributed by atoms with van der Waals surface area (Å²) in [5, 5.41) is 2.69. The summed E-state index contributed by atoms with van der Waals surface area (Å²) in [5.41, 5.74) is 0. The highest BCUT2D eigenvalue weighted by atomic mass is 35.5. The van der Waals surface area contributed by atoms with E-state index < -0.39 is 0 Å². The summed E-state index contributed by atoms with van der Waals surface area (Å²) < 4.78 is 5.21. The van der Waals surface area contributed by atoms with E-state index in [0.717, 1.165) is 5.92 Å². The maximum Gasteiger partial charge on any atom is 0.407 e. The standard InChI is InChI=1S/C12H18ClNO2/c1-8(6-13)14-12(15)16-7-11-5-9-2-3-10(11)4-9/h2-3,8-11H,4-7H2,1H3,(H,14,15). The molecule has 0 radical (unpaired) electrons. The number of carbonyl (C=O) groups excluding carboxylic acids is 1. The van der Waals surface area contributed by atoms with Crippen LogP contribution in [0.5, 0.6) is 0 Å². The Balaban J connectivity index is 1.68. The fourth-order valence-electron chi connectivity index (χ4n) is 2.55. The van der Waals surface area contributed by atoms with E-state index in [1.165, 1.54) is 12.8 Å². The lowest BCUT2D eigenvalue weighted by molar-refractivity contribution is 0.118. The molecule has 4 atom stereocenters. The number of amides is 1. The van der Waals surface area contributed by atoms with E-state index >= 15 is 0 Å². The number of hydrogen-bond acceptors (Lipinski definition) is 2. The van der Waals surface area contributed by atoms with E-state index in [0.29, 0.717) is 24.3 Å². The Morgan fingerprint density at radius 2 is 2.38 bits per heavy atom. The van der Waals surface area contributed by atoms with Crippen molar-refractivity contribution in [3.63, 3.8) is 0 Å². The lowest BCUT2D eigenvalue weighted by Gasteiger charge is -2.18. The molecule has 0 heterocycles. The summed E-state index contributed by atoms with van der Waals surface area (Å²) in [6, 6.07) is -0.0332. The largest absolute Gasteiger partial charge is 0.449 e. The zero-order valence-electron chi connectivity index (χ0n) is 9.49. The van der Waals surface area contributed by atoms with Crippen LogP contribution in [-0.4, -0.2) is 24.6 Å². The maximum absolute atomic E-state index is 11.4. The van der Waals surface area contributed by atoms with Gasteiger partial charge in [0.15, 0.2) is 0 Å². The van der Waals surface area contributed by atoms with Gasteiger partial charge in [0.05, 0.1) is 6.61 Å². The Bertz CT molecular complexity index is 293. The molecule has 0 aliphatic heterocycles. The van der Waals surface area contributed by atoms with Crippen molar-refractivity contribution >= 4 is 17.7 Å². The van der Waals surface area contributed by atoms with E-state index in [-0.39, 0.29) is 12.1 Å². The predicted molar refractivity (Wildman–Crippen MR) is 63.5 cm³/mol. The SMILES string of the molecule is CC(CCl)NC(=O)OCC1CC2C=CC1C2. The lowest BCUT2D eigenvalue weighted by Crippen LogP contribution is -2.35. The second-order valence-electron chi connectivity index (χ2n) is 4.84. The van der Waals surface area contributed by atoms with E-state index in [4.69, 9.17) is 16.3 Å². The second kappa shape index (κ2) is 5.09. The molecule has 4 heteroatoms. The van der Waals surface area contributed by atoms with E-state index in [2.05, 4.69) is 17.5 Å². The van der Waals surface area contributed by atoms with Gasteiger partial charge in [-0.2, -0.15) is 0 Å². The first kappa shape index (κ1) is 11.8. The fourth-order valence-corrected chi connectivity index (χ4v) is 2.63. The molecule has 4 unspecified atom stereocenters. The summed E-state index contributed by atoms with van der Waals surface area (Å²) >= 11 is 5.60. The molecular weight excluding hydrogens is 226 g/mol. The molecule has 0 spiro atoms. The van der Waals surface area contributed by atoms with Crippen LogP contribution in [-0.2, 0) is 4.74 Å². The van der Waals surface area contributed by atoms with Crippen molar-refractivity contribution in [1.82, 2.24) is 5.32 Å². The minimum atomic E-state index is -0.347. The number of ether oxygens (including phenoxy) is 1. The van der Waals surface area contributed by atoms with Crippen LogP contribution in [0.4, 0.5) is 4.79 Å². The number of nitrogens with one attached hydrogen (secondary N) is 1. The number of rotatable bonds is 4. The summed E-state index contributed by atoms with van der Waals surface area (Å²) in [6.45, 7) is 2.39. The average molecular weight is 244 g/mol. The van der Waals surface area contributed by atoms with Crippen LogP contribution < -0.4 is 5.32 Å². The van der Waals surface area contributed by atoms with Gasteiger partial charge in [-0.05, 0) is 31.6 Å². The van der Waals surface area contributed by atoms with E-state index in [1.807, 2.05) is 6.92 Å². The zero-order valence-corrected chi connectivity index (χ0v) is 10.2. The maximum atomic E-state index is 11.4. The van der Waals surface area contributed by atoms with Crippen molar-refractivity contribution in [2.24, 2.45) is 17.8 Å². The van der Waals surface area contributed by atoms with E-state index in [9.17, 15) is 4.79 Å². The highest BCUT2D eigenvalue weighted by Crippen LogP contribution is 2.43. The van der Waals surface area contributed by atoms with Gasteiger partial charge in [-0.1, -0.05) is 12.2 Å². The predicted octanol–water partition coefficient (Wildman–Crippen LogP) is 2.55. The molecule has 2 rings (SSSR count). The number of hydrogen-bond donors (Lipinski definition) is 1. The molecule has 3 nitrogen and oxygen atoms in total. The molecule has 90 valence electrons. The number of alkyl carbamates (subject to hydrolysis) is 1. The Labute approximate surface area is 101 Å². The van der Waals surface area contributed by atoms with Crippen LogP contribution >= 0.6 is 11.6 Å². The van der Waals surface area contributed by atoms with E-state index in [1.54, 1.807) is 0 Å². The third-order valence-corrected chi connectivity index (χ3v) is 3.90. The summed E-state index contributed by atoms with van der Waals surface area (Å²) in [4.78, 5) is 11.4. The van der Waals surface area contributed by atoms with Gasteiger partial charge in [0.1, 0.15) is 0 Å². The molecule has 1 amide bonds. The second-order valence-corrected chi connectivity index (χ2v) is 5.15. The van der Waals surface area contributed by atoms with Gasteiger partial charge in [-0.25, -0.2) is 4.79 Å². The molecule has 2 bridgehead atoms. The summed E-state index contributed by atoms with van der Waals surface area (Å²) in [7, 11) is 0. The van der Waals surface area contributed by atoms with Gasteiger partial charge in [-0.3, -0.25) is 0 Å². The first-order valence-electron chi connectivity index (χ1n) is 5.86. The van der Waals surface area contributed by atoms with Crippen molar-refractivity contribution < 1.29 is 9.53 Å². The molecular formula is C12H18ClNO2. The van der Waals surface area contributed by atoms with Crippen molar-refractivity contribution in [3.05, 3.63) is 12.2 Å². The van der Waals surface area contributed by atoms with Crippen molar-refractivity contribution in [2.45, 2.75) is 25.8 Å². The Kier molecular flexibility index (Phi) is 3.74. The fraction of sp³-hybridized carbons (Fsp3) is 0.750. The van der Waals surface area contributed by atoms with Gasteiger partial charge in [0.25, 0.3) is 0 Å². The summed E-state index contributed by atoms with van der Waals surface area (Å²) in [6.07, 6.45) is 6.62. The van der Waals surface area contributed by atoms with Crippen LogP contribution in [0.1, 0.15) is 19.8 Å². The number of allylic oxidation sites excluding steroid dienone is 2. The smallest absolute Gasteiger partial charge is 0.407 e. The Morgan fingerprint density at radius 1 is 1.56 bits per heavy atom. The molecule has 0 aromatic rings. The number of carbonyl (C=O) groups is 1. The minimum Gasteiger partial charge on any atom is -0.449 e. The van der Waals surface area contributed by atoms with Crippen LogP contribution in [0.15, 0.2) is 12.2 Å². The van der Waals surface area contributed by atoms with Gasteiger partial charge in [0.2, 0.25) is 0 Å². The van der Waals surface area contributed by atoms with Crippen molar-refractivity contribution in [1.29, 1.82) is 0 Å². The topological polar surface area (TPSA) is 38.3 Å². The Hall–Kier alpha value is -0.700. The van der Waals surface area contributed by atoms with Gasteiger partial charge < -0.3 is 10.1 Å². The van der Waals surface area contributed by atoms with Crippen LogP contribution in [0.2, 0.25) is 0 Å². The molecule has 2 aliphatic rings. The Morgan fingerprint density at radius 3 is 2.94 bits per heavy atom. The molecule has 1 saturated carbocycles. The molecule has 16 heavy (non-hydrogen) atoms. The van der Waals surface area contributed by atoms with Crippen LogP contribution in [0.3, 0.4) is 0 Å². The third-order valence-electron chi connectivity index (χ3n) is 3.44. The quantitative estimate of drug-likeness (QED) is 0.609. The first-order valence-corrected chi connectivity index (χ1v) is 6.40. The van der Waals surface area contributed by atoms with Gasteiger partial charge in [-0.15, -0.1) is 11.6 Å². The van der Waals surface area contributed by atoms with Crippen molar-refractivity contribution in [2.75, 3.05) is 12.5 Å². The molecule has 0 aromatic heterocycles. The number of halogens is 1. The first-order chi connectivity index (χ1) is 7.69. The molecule has 1 fully saturated rings. The lowest BCUT2D eigenvalue weighted by atomic mass is 9.95. The van der Waals surface area contributed by atoms with Crippen molar-refractivity contribution in [3.8, 4) is 0 Å². The minimum absolute atomic E-state index is 0.0332. The average Bonchev–Trinajstić information content (AvgIpc) is 2.87. The normalized spacial score (nSPS) is 32.8. The highest BCUT2D eigenvalue weighted by molar-refractivity contribution is 6.18. The number of fused-ring (bicyclic) bond motifs is 2. The van der Waals surface area contributed by atoms with Gasteiger partial charge >= 0.3 is 6.09 Å².